The van der Waals surface area contributed by atoms with Gasteiger partial charge in [-0.3, -0.25) is 9.59 Å². The molecule has 0 saturated heterocycles. The van der Waals surface area contributed by atoms with Crippen molar-refractivity contribution in [2.24, 2.45) is 0 Å². The zero-order chi connectivity index (χ0) is 20.8. The van der Waals surface area contributed by atoms with Crippen molar-refractivity contribution in [3.8, 4) is 0 Å². The first-order valence-corrected chi connectivity index (χ1v) is 10.1. The minimum Gasteiger partial charge on any atom is -0.465 e. The van der Waals surface area contributed by atoms with Crippen molar-refractivity contribution in [3.05, 3.63) is 50.9 Å². The van der Waals surface area contributed by atoms with Crippen LogP contribution in [-0.2, 0) is 16.0 Å². The highest BCUT2D eigenvalue weighted by atomic mass is 35.5. The van der Waals surface area contributed by atoms with Crippen LogP contribution in [0, 0.1) is 6.92 Å². The van der Waals surface area contributed by atoms with E-state index in [2.05, 4.69) is 5.32 Å². The van der Waals surface area contributed by atoms with Crippen LogP contribution in [0.1, 0.15) is 45.0 Å². The number of nitrogens with one attached hydrogen (secondary N) is 1. The number of benzene rings is 1. The van der Waals surface area contributed by atoms with Crippen molar-refractivity contribution in [1.82, 2.24) is 4.90 Å². The Morgan fingerprint density at radius 2 is 1.75 bits per heavy atom. The second kappa shape index (κ2) is 9.71. The Morgan fingerprint density at radius 1 is 1.14 bits per heavy atom. The normalized spacial score (nSPS) is 10.5. The van der Waals surface area contributed by atoms with Gasteiger partial charge in [0.15, 0.2) is 0 Å². The zero-order valence-corrected chi connectivity index (χ0v) is 17.9. The Hall–Kier alpha value is -2.38. The highest BCUT2D eigenvalue weighted by Gasteiger charge is 2.27. The number of ether oxygens (including phenoxy) is 1. The number of halogens is 1. The van der Waals surface area contributed by atoms with Gasteiger partial charge in [0.2, 0.25) is 5.91 Å². The van der Waals surface area contributed by atoms with Crippen molar-refractivity contribution in [3.63, 3.8) is 0 Å². The Bertz CT molecular complexity index is 873. The predicted octanol–water partition coefficient (Wildman–Crippen LogP) is 4.16. The molecule has 2 aromatic rings. The highest BCUT2D eigenvalue weighted by molar-refractivity contribution is 7.18. The van der Waals surface area contributed by atoms with Gasteiger partial charge in [0.1, 0.15) is 5.00 Å². The van der Waals surface area contributed by atoms with Gasteiger partial charge in [-0.2, -0.15) is 0 Å². The number of rotatable bonds is 7. The molecule has 0 saturated carbocycles. The molecule has 8 heteroatoms. The van der Waals surface area contributed by atoms with Crippen LogP contribution in [0.25, 0.3) is 0 Å². The molecule has 2 amide bonds. The molecule has 0 aliphatic heterocycles. The van der Waals surface area contributed by atoms with Gasteiger partial charge < -0.3 is 15.0 Å². The first-order chi connectivity index (χ1) is 13.3. The van der Waals surface area contributed by atoms with Crippen molar-refractivity contribution < 1.29 is 19.1 Å². The SMILES string of the molecule is CCN(CC)C(=O)c1sc(NC(=O)Cc2ccc(Cl)cc2)c(C(=O)OC)c1C. The van der Waals surface area contributed by atoms with Gasteiger partial charge in [0.05, 0.1) is 24.0 Å². The quantitative estimate of drug-likeness (QED) is 0.680. The van der Waals surface area contributed by atoms with E-state index < -0.39 is 5.97 Å². The summed E-state index contributed by atoms with van der Waals surface area (Å²) in [4.78, 5) is 39.6. The first-order valence-electron chi connectivity index (χ1n) is 8.87. The van der Waals surface area contributed by atoms with E-state index in [4.69, 9.17) is 16.3 Å². The number of hydrogen-bond donors (Lipinski definition) is 1. The Kier molecular flexibility index (Phi) is 7.60. The number of carbonyl (C=O) groups excluding carboxylic acids is 3. The topological polar surface area (TPSA) is 75.7 Å². The minimum atomic E-state index is -0.589. The first kappa shape index (κ1) is 21.9. The highest BCUT2D eigenvalue weighted by Crippen LogP contribution is 2.34. The molecule has 2 rings (SSSR count). The smallest absolute Gasteiger partial charge is 0.341 e. The minimum absolute atomic E-state index is 0.119. The van der Waals surface area contributed by atoms with E-state index in [1.54, 1.807) is 36.1 Å². The van der Waals surface area contributed by atoms with Crippen LogP contribution in [0.5, 0.6) is 0 Å². The molecule has 1 N–H and O–H groups in total. The van der Waals surface area contributed by atoms with Crippen molar-refractivity contribution in [2.45, 2.75) is 27.2 Å². The number of carbonyl (C=O) groups is 3. The molecule has 1 aromatic heterocycles. The summed E-state index contributed by atoms with van der Waals surface area (Å²) in [5, 5.41) is 3.66. The molecule has 0 aliphatic carbocycles. The number of esters is 1. The maximum atomic E-state index is 12.8. The standard InChI is InChI=1S/C20H23ClN2O4S/c1-5-23(6-2)19(25)17-12(3)16(20(26)27-4)18(28-17)22-15(24)11-13-7-9-14(21)10-8-13/h7-10H,5-6,11H2,1-4H3,(H,22,24). The lowest BCUT2D eigenvalue weighted by molar-refractivity contribution is -0.115. The number of nitrogens with zero attached hydrogens (tertiary/aromatic N) is 1. The molecule has 0 atom stereocenters. The maximum Gasteiger partial charge on any atom is 0.341 e. The van der Waals surface area contributed by atoms with Crippen LogP contribution in [0.4, 0.5) is 5.00 Å². The fourth-order valence-corrected chi connectivity index (χ4v) is 4.07. The van der Waals surface area contributed by atoms with E-state index in [1.807, 2.05) is 13.8 Å². The molecular weight excluding hydrogens is 400 g/mol. The molecule has 0 radical (unpaired) electrons. The molecule has 0 bridgehead atoms. The largest absolute Gasteiger partial charge is 0.465 e. The van der Waals surface area contributed by atoms with Gasteiger partial charge in [0, 0.05) is 18.1 Å². The van der Waals surface area contributed by atoms with Crippen molar-refractivity contribution in [1.29, 1.82) is 0 Å². The van der Waals surface area contributed by atoms with E-state index in [-0.39, 0.29) is 23.8 Å². The van der Waals surface area contributed by atoms with E-state index in [0.29, 0.717) is 33.6 Å². The van der Waals surface area contributed by atoms with Crippen LogP contribution < -0.4 is 5.32 Å². The summed E-state index contributed by atoms with van der Waals surface area (Å²) < 4.78 is 4.85. The van der Waals surface area contributed by atoms with Crippen LogP contribution in [0.2, 0.25) is 5.02 Å². The lowest BCUT2D eigenvalue weighted by atomic mass is 10.1. The molecule has 150 valence electrons. The van der Waals surface area contributed by atoms with E-state index in [1.165, 1.54) is 7.11 Å². The fraction of sp³-hybridized carbons (Fsp3) is 0.350. The summed E-state index contributed by atoms with van der Waals surface area (Å²) in [6.45, 7) is 6.58. The summed E-state index contributed by atoms with van der Waals surface area (Å²) in [5.74, 6) is -1.06. The summed E-state index contributed by atoms with van der Waals surface area (Å²) >= 11 is 6.96. The van der Waals surface area contributed by atoms with Crippen LogP contribution in [0.3, 0.4) is 0 Å². The number of thiophene rings is 1. The molecule has 28 heavy (non-hydrogen) atoms. The average molecular weight is 423 g/mol. The molecule has 1 aromatic carbocycles. The Labute approximate surface area is 173 Å². The monoisotopic (exact) mass is 422 g/mol. The third kappa shape index (κ3) is 4.91. The molecule has 1 heterocycles. The van der Waals surface area contributed by atoms with E-state index >= 15 is 0 Å². The summed E-state index contributed by atoms with van der Waals surface area (Å²) in [7, 11) is 1.27. The van der Waals surface area contributed by atoms with Gasteiger partial charge in [0.25, 0.3) is 5.91 Å². The van der Waals surface area contributed by atoms with Gasteiger partial charge in [-0.05, 0) is 44.0 Å². The maximum absolute atomic E-state index is 12.8. The second-order valence-corrected chi connectivity index (χ2v) is 7.54. The Balaban J connectivity index is 2.32. The average Bonchev–Trinajstić information content (AvgIpc) is 2.99. The van der Waals surface area contributed by atoms with Gasteiger partial charge in [-0.1, -0.05) is 23.7 Å². The summed E-state index contributed by atoms with van der Waals surface area (Å²) in [6, 6.07) is 6.94. The molecule has 0 spiro atoms. The van der Waals surface area contributed by atoms with E-state index in [0.717, 1.165) is 16.9 Å². The van der Waals surface area contributed by atoms with Crippen LogP contribution >= 0.6 is 22.9 Å². The van der Waals surface area contributed by atoms with Crippen molar-refractivity contribution >= 4 is 45.7 Å². The van der Waals surface area contributed by atoms with Gasteiger partial charge in [-0.15, -0.1) is 11.3 Å². The molecule has 0 fully saturated rings. The number of amides is 2. The second-order valence-electron chi connectivity index (χ2n) is 6.08. The third-order valence-electron chi connectivity index (χ3n) is 4.31. The molecule has 6 nitrogen and oxygen atoms in total. The summed E-state index contributed by atoms with van der Waals surface area (Å²) in [6.07, 6.45) is 0.119. The zero-order valence-electron chi connectivity index (χ0n) is 16.3. The van der Waals surface area contributed by atoms with Crippen LogP contribution in [0.15, 0.2) is 24.3 Å². The van der Waals surface area contributed by atoms with Gasteiger partial charge in [-0.25, -0.2) is 4.79 Å². The number of hydrogen-bond acceptors (Lipinski definition) is 5. The lowest BCUT2D eigenvalue weighted by Gasteiger charge is -2.17. The third-order valence-corrected chi connectivity index (χ3v) is 5.76. The summed E-state index contributed by atoms with van der Waals surface area (Å²) in [5.41, 5.74) is 1.51. The molecule has 0 unspecified atom stereocenters. The van der Waals surface area contributed by atoms with E-state index in [9.17, 15) is 14.4 Å². The fourth-order valence-electron chi connectivity index (χ4n) is 2.77. The predicted molar refractivity (Wildman–Crippen MR) is 111 cm³/mol. The number of methoxy groups -OCH3 is 1. The van der Waals surface area contributed by atoms with Crippen molar-refractivity contribution in [2.75, 3.05) is 25.5 Å². The Morgan fingerprint density at radius 3 is 2.29 bits per heavy atom. The molecule has 0 aliphatic rings. The lowest BCUT2D eigenvalue weighted by Crippen LogP contribution is -2.30. The van der Waals surface area contributed by atoms with Crippen LogP contribution in [-0.4, -0.2) is 42.9 Å². The van der Waals surface area contributed by atoms with Gasteiger partial charge >= 0.3 is 5.97 Å². The molecular formula is C20H23ClN2O4S. The number of anilines is 1.